The van der Waals surface area contributed by atoms with E-state index in [9.17, 15) is 0 Å². The van der Waals surface area contributed by atoms with Crippen LogP contribution in [0.5, 0.6) is 0 Å². The van der Waals surface area contributed by atoms with Gasteiger partial charge in [-0.25, -0.2) is 0 Å². The zero-order chi connectivity index (χ0) is 33.1. The molecule has 1 heterocycles. The van der Waals surface area contributed by atoms with E-state index in [0.29, 0.717) is 0 Å². The SMILES string of the molecule is C=Cc1c(/C=C\C)sc2c(N(c3ccc4c(c3)C(C)(C)c3ccccc3-4)c3ccc4c(c3)C3(CC5CCC3C5)c3ccccc3-4)cccc12. The second kappa shape index (κ2) is 10.4. The Balaban J connectivity index is 1.23. The van der Waals surface area contributed by atoms with Gasteiger partial charge in [0.1, 0.15) is 0 Å². The minimum atomic E-state index is -0.0790. The van der Waals surface area contributed by atoms with Gasteiger partial charge in [-0.15, -0.1) is 11.3 Å². The number of benzene rings is 5. The Morgan fingerprint density at radius 2 is 1.41 bits per heavy atom. The normalized spacial score (nSPS) is 22.1. The molecule has 1 aromatic heterocycles. The van der Waals surface area contributed by atoms with Gasteiger partial charge >= 0.3 is 0 Å². The average molecular weight is 652 g/mol. The highest BCUT2D eigenvalue weighted by atomic mass is 32.1. The molecule has 10 rings (SSSR count). The van der Waals surface area contributed by atoms with Crippen molar-refractivity contribution in [2.45, 2.75) is 57.3 Å². The van der Waals surface area contributed by atoms with Crippen molar-refractivity contribution in [3.8, 4) is 22.3 Å². The molecule has 5 aromatic carbocycles. The van der Waals surface area contributed by atoms with Gasteiger partial charge in [-0.2, -0.15) is 0 Å². The first-order valence-corrected chi connectivity index (χ1v) is 18.9. The van der Waals surface area contributed by atoms with Crippen LogP contribution in [0.2, 0.25) is 0 Å². The predicted molar refractivity (Wildman–Crippen MR) is 211 cm³/mol. The summed E-state index contributed by atoms with van der Waals surface area (Å²) in [5, 5.41) is 1.27. The van der Waals surface area contributed by atoms with Crippen molar-refractivity contribution in [3.05, 3.63) is 148 Å². The van der Waals surface area contributed by atoms with Gasteiger partial charge < -0.3 is 4.90 Å². The summed E-state index contributed by atoms with van der Waals surface area (Å²) in [6, 6.07) is 39.8. The molecule has 3 unspecified atom stereocenters. The van der Waals surface area contributed by atoms with Crippen LogP contribution < -0.4 is 4.90 Å². The molecule has 2 heteroatoms. The lowest BCUT2D eigenvalue weighted by Crippen LogP contribution is -2.32. The Labute approximate surface area is 294 Å². The second-order valence-electron chi connectivity index (χ2n) is 15.3. The van der Waals surface area contributed by atoms with Crippen molar-refractivity contribution in [1.82, 2.24) is 0 Å². The molecule has 1 nitrogen and oxygen atoms in total. The molecule has 0 amide bonds. The number of rotatable bonds is 5. The average Bonchev–Trinajstić information content (AvgIpc) is 3.93. The minimum Gasteiger partial charge on any atom is -0.309 e. The monoisotopic (exact) mass is 651 g/mol. The van der Waals surface area contributed by atoms with Gasteiger partial charge in [0.2, 0.25) is 0 Å². The van der Waals surface area contributed by atoms with Gasteiger partial charge in [-0.05, 0) is 125 Å². The van der Waals surface area contributed by atoms with Crippen LogP contribution in [0.4, 0.5) is 17.1 Å². The van der Waals surface area contributed by atoms with Crippen LogP contribution in [0.15, 0.2) is 116 Å². The Kier molecular flexibility index (Phi) is 6.23. The second-order valence-corrected chi connectivity index (χ2v) is 16.4. The highest BCUT2D eigenvalue weighted by Gasteiger charge is 2.56. The zero-order valence-corrected chi connectivity index (χ0v) is 29.4. The lowest BCUT2D eigenvalue weighted by Gasteiger charge is -2.37. The molecule has 1 spiro atoms. The molecule has 0 aliphatic heterocycles. The van der Waals surface area contributed by atoms with E-state index >= 15 is 0 Å². The van der Waals surface area contributed by atoms with Crippen molar-refractivity contribution in [1.29, 1.82) is 0 Å². The third kappa shape index (κ3) is 3.87. The van der Waals surface area contributed by atoms with Crippen LogP contribution in [-0.4, -0.2) is 0 Å². The summed E-state index contributed by atoms with van der Waals surface area (Å²) in [5.74, 6) is 1.56. The van der Waals surface area contributed by atoms with E-state index in [1.807, 2.05) is 17.4 Å². The van der Waals surface area contributed by atoms with E-state index in [0.717, 1.165) is 11.8 Å². The maximum Gasteiger partial charge on any atom is 0.0640 e. The molecule has 2 saturated carbocycles. The molecular formula is C47H41NS. The maximum absolute atomic E-state index is 4.24. The third-order valence-electron chi connectivity index (χ3n) is 12.6. The highest BCUT2D eigenvalue weighted by molar-refractivity contribution is 7.20. The molecular weight excluding hydrogens is 611 g/mol. The number of anilines is 3. The number of fused-ring (bicyclic) bond motifs is 12. The Bertz CT molecular complexity index is 2390. The fraction of sp³-hybridized carbons (Fsp3) is 0.234. The van der Waals surface area contributed by atoms with E-state index < -0.39 is 0 Å². The van der Waals surface area contributed by atoms with E-state index in [-0.39, 0.29) is 10.8 Å². The topological polar surface area (TPSA) is 3.24 Å². The first-order valence-electron chi connectivity index (χ1n) is 18.0. The van der Waals surface area contributed by atoms with Crippen molar-refractivity contribution in [3.63, 3.8) is 0 Å². The molecule has 49 heavy (non-hydrogen) atoms. The molecule has 2 fully saturated rings. The number of hydrogen-bond acceptors (Lipinski definition) is 2. The summed E-state index contributed by atoms with van der Waals surface area (Å²) in [5.41, 5.74) is 16.5. The Morgan fingerprint density at radius 3 is 2.10 bits per heavy atom. The quantitative estimate of drug-likeness (QED) is 0.179. The highest BCUT2D eigenvalue weighted by Crippen LogP contribution is 2.66. The van der Waals surface area contributed by atoms with Crippen LogP contribution in [0.1, 0.15) is 79.1 Å². The fourth-order valence-electron chi connectivity index (χ4n) is 10.6. The van der Waals surface area contributed by atoms with Crippen molar-refractivity contribution in [2.75, 3.05) is 4.90 Å². The fourth-order valence-corrected chi connectivity index (χ4v) is 11.9. The third-order valence-corrected chi connectivity index (χ3v) is 13.8. The van der Waals surface area contributed by atoms with Crippen LogP contribution in [-0.2, 0) is 10.8 Å². The molecule has 240 valence electrons. The summed E-state index contributed by atoms with van der Waals surface area (Å²) in [7, 11) is 0. The van der Waals surface area contributed by atoms with E-state index in [2.05, 4.69) is 148 Å². The van der Waals surface area contributed by atoms with Gasteiger partial charge in [0.25, 0.3) is 0 Å². The van der Waals surface area contributed by atoms with Gasteiger partial charge in [0.05, 0.1) is 10.4 Å². The summed E-state index contributed by atoms with van der Waals surface area (Å²) in [6.07, 6.45) is 11.8. The molecule has 4 aliphatic rings. The van der Waals surface area contributed by atoms with Crippen LogP contribution in [0.3, 0.4) is 0 Å². The summed E-state index contributed by atoms with van der Waals surface area (Å²) < 4.78 is 1.30. The number of allylic oxidation sites excluding steroid dienone is 1. The van der Waals surface area contributed by atoms with Crippen molar-refractivity contribution in [2.24, 2.45) is 11.8 Å². The summed E-state index contributed by atoms with van der Waals surface area (Å²) in [4.78, 5) is 3.82. The van der Waals surface area contributed by atoms with Gasteiger partial charge in [0.15, 0.2) is 0 Å². The molecule has 2 bridgehead atoms. The molecule has 4 aliphatic carbocycles. The molecule has 3 atom stereocenters. The van der Waals surface area contributed by atoms with E-state index in [1.54, 1.807) is 11.1 Å². The Hall–Kier alpha value is -4.66. The van der Waals surface area contributed by atoms with Gasteiger partial charge in [-0.1, -0.05) is 112 Å². The molecule has 0 radical (unpaired) electrons. The van der Waals surface area contributed by atoms with Crippen LogP contribution in [0.25, 0.3) is 44.5 Å². The predicted octanol–water partition coefficient (Wildman–Crippen LogP) is 13.4. The molecule has 6 aromatic rings. The molecule has 0 saturated heterocycles. The first-order chi connectivity index (χ1) is 23.9. The zero-order valence-electron chi connectivity index (χ0n) is 28.6. The number of hydrogen-bond donors (Lipinski definition) is 0. The lowest BCUT2D eigenvalue weighted by atomic mass is 9.67. The minimum absolute atomic E-state index is 0.0790. The molecule has 0 N–H and O–H groups in total. The number of nitrogens with zero attached hydrogens (tertiary/aromatic N) is 1. The van der Waals surface area contributed by atoms with Gasteiger partial charge in [-0.3, -0.25) is 0 Å². The van der Waals surface area contributed by atoms with E-state index in [4.69, 9.17) is 0 Å². The summed E-state index contributed by atoms with van der Waals surface area (Å²) in [6.45, 7) is 11.1. The number of thiophene rings is 1. The van der Waals surface area contributed by atoms with Crippen LogP contribution in [0, 0.1) is 11.8 Å². The largest absolute Gasteiger partial charge is 0.309 e. The first kappa shape index (κ1) is 29.3. The van der Waals surface area contributed by atoms with E-state index in [1.165, 1.54) is 96.7 Å². The maximum atomic E-state index is 4.24. The van der Waals surface area contributed by atoms with Crippen molar-refractivity contribution >= 4 is 50.6 Å². The van der Waals surface area contributed by atoms with Crippen LogP contribution >= 0.6 is 11.3 Å². The smallest absolute Gasteiger partial charge is 0.0640 e. The Morgan fingerprint density at radius 1 is 0.735 bits per heavy atom. The lowest BCUT2D eigenvalue weighted by molar-refractivity contribution is 0.327. The summed E-state index contributed by atoms with van der Waals surface area (Å²) >= 11 is 1.88. The standard InChI is InChI=1S/C47H41NS/c1-5-12-44-33(6-2)38-15-11-18-43(45(38)49-44)48(31-21-23-36-34-13-7-9-16-39(34)46(3,4)41(36)26-31)32-22-24-37-35-14-8-10-17-40(35)47(42(37)27-32)28-29-19-20-30(47)25-29/h5-18,21-24,26-27,29-30H,2,19-20,25,28H2,1,3-4H3/b12-5-. The van der Waals surface area contributed by atoms with Crippen molar-refractivity contribution < 1.29 is 0 Å². The van der Waals surface area contributed by atoms with Gasteiger partial charge in [0, 0.05) is 32.5 Å².